The van der Waals surface area contributed by atoms with Crippen LogP contribution in [-0.4, -0.2) is 22.4 Å². The lowest BCUT2D eigenvalue weighted by Crippen LogP contribution is -2.14. The summed E-state index contributed by atoms with van der Waals surface area (Å²) in [6, 6.07) is 10.0. The molecule has 0 radical (unpaired) electrons. The van der Waals surface area contributed by atoms with Crippen molar-refractivity contribution in [2.45, 2.75) is 44.3 Å². The van der Waals surface area contributed by atoms with Crippen LogP contribution in [0.4, 0.5) is 0 Å². The van der Waals surface area contributed by atoms with E-state index in [-0.39, 0.29) is 17.6 Å². The fourth-order valence-electron chi connectivity index (χ4n) is 2.94. The van der Waals surface area contributed by atoms with Gasteiger partial charge in [-0.3, -0.25) is 0 Å². The van der Waals surface area contributed by atoms with Crippen molar-refractivity contribution in [1.82, 2.24) is 10.2 Å². The molecule has 5 atom stereocenters. The summed E-state index contributed by atoms with van der Waals surface area (Å²) in [4.78, 5) is 0. The van der Waals surface area contributed by atoms with Gasteiger partial charge in [0.1, 0.15) is 15.4 Å². The van der Waals surface area contributed by atoms with Crippen molar-refractivity contribution in [1.29, 1.82) is 0 Å². The zero-order valence-electron chi connectivity index (χ0n) is 12.4. The first-order valence-electron chi connectivity index (χ1n) is 7.25. The van der Waals surface area contributed by atoms with Crippen LogP contribution in [0.25, 0.3) is 0 Å². The summed E-state index contributed by atoms with van der Waals surface area (Å²) in [6.07, 6.45) is 0.444. The second-order valence-electron chi connectivity index (χ2n) is 5.68. The smallest absolute Gasteiger partial charge is 0.139 e. The Hall–Kier alpha value is -0.970. The maximum Gasteiger partial charge on any atom is 0.139 e. The number of alkyl halides is 1. The fourth-order valence-corrected chi connectivity index (χ4v) is 4.42. The van der Waals surface area contributed by atoms with E-state index in [2.05, 4.69) is 31.0 Å². The molecule has 0 amide bonds. The molecule has 1 aliphatic rings. The van der Waals surface area contributed by atoms with Crippen molar-refractivity contribution in [2.24, 2.45) is 5.92 Å². The van der Waals surface area contributed by atoms with Gasteiger partial charge in [0.2, 0.25) is 0 Å². The van der Waals surface area contributed by atoms with Crippen LogP contribution in [0.5, 0.6) is 0 Å². The van der Waals surface area contributed by atoms with Crippen molar-refractivity contribution < 1.29 is 4.74 Å². The lowest BCUT2D eigenvalue weighted by Gasteiger charge is -2.14. The van der Waals surface area contributed by atoms with Crippen LogP contribution < -0.4 is 0 Å². The Balaban J connectivity index is 1.84. The van der Waals surface area contributed by atoms with Crippen LogP contribution in [0, 0.1) is 5.92 Å². The Kier molecular flexibility index (Phi) is 4.29. The molecule has 1 aliphatic heterocycles. The molecular weight excluding hydrogens is 304 g/mol. The molecule has 1 fully saturated rings. The van der Waals surface area contributed by atoms with Gasteiger partial charge in [0.05, 0.1) is 12.2 Å². The predicted molar refractivity (Wildman–Crippen MR) is 86.0 cm³/mol. The van der Waals surface area contributed by atoms with Crippen molar-refractivity contribution in [2.75, 3.05) is 0 Å². The number of ether oxygens (including phenoxy) is 1. The summed E-state index contributed by atoms with van der Waals surface area (Å²) in [6.45, 7) is 6.45. The van der Waals surface area contributed by atoms with Crippen molar-refractivity contribution >= 4 is 22.9 Å². The average Bonchev–Trinajstić information content (AvgIpc) is 3.05. The van der Waals surface area contributed by atoms with Gasteiger partial charge < -0.3 is 4.74 Å². The van der Waals surface area contributed by atoms with Crippen molar-refractivity contribution in [3.8, 4) is 0 Å². The number of halogens is 1. The highest BCUT2D eigenvalue weighted by molar-refractivity contribution is 7.11. The number of nitrogens with zero attached hydrogens (tertiary/aromatic N) is 2. The van der Waals surface area contributed by atoms with E-state index in [4.69, 9.17) is 16.3 Å². The number of hydrogen-bond donors (Lipinski definition) is 0. The van der Waals surface area contributed by atoms with Gasteiger partial charge in [-0.15, -0.1) is 21.8 Å². The van der Waals surface area contributed by atoms with E-state index >= 15 is 0 Å². The van der Waals surface area contributed by atoms with Gasteiger partial charge in [0.15, 0.2) is 0 Å². The van der Waals surface area contributed by atoms with E-state index in [1.165, 1.54) is 0 Å². The number of rotatable bonds is 3. The van der Waals surface area contributed by atoms with Gasteiger partial charge >= 0.3 is 0 Å². The first-order chi connectivity index (χ1) is 10.1. The predicted octanol–water partition coefficient (Wildman–Crippen LogP) is 4.39. The molecule has 3 rings (SSSR count). The highest BCUT2D eigenvalue weighted by atomic mass is 35.5. The molecule has 0 spiro atoms. The minimum atomic E-state index is -0.234. The van der Waals surface area contributed by atoms with Gasteiger partial charge in [-0.25, -0.2) is 0 Å². The van der Waals surface area contributed by atoms with Crippen LogP contribution in [0.1, 0.15) is 47.6 Å². The largest absolute Gasteiger partial charge is 0.375 e. The van der Waals surface area contributed by atoms with E-state index in [9.17, 15) is 0 Å². The molecule has 3 nitrogen and oxygen atoms in total. The van der Waals surface area contributed by atoms with E-state index in [0.29, 0.717) is 11.8 Å². The molecule has 21 heavy (non-hydrogen) atoms. The molecule has 0 aliphatic carbocycles. The van der Waals surface area contributed by atoms with Gasteiger partial charge in [-0.05, 0) is 25.3 Å². The Morgan fingerprint density at radius 1 is 1.10 bits per heavy atom. The molecular formula is C16H19ClN2OS. The summed E-state index contributed by atoms with van der Waals surface area (Å²) in [5.41, 5.74) is 1.05. The molecule has 0 N–H and O–H groups in total. The molecule has 5 heteroatoms. The zero-order chi connectivity index (χ0) is 15.0. The highest BCUT2D eigenvalue weighted by Gasteiger charge is 2.40. The van der Waals surface area contributed by atoms with Crippen molar-refractivity contribution in [3.63, 3.8) is 0 Å². The summed E-state index contributed by atoms with van der Waals surface area (Å²) < 4.78 is 5.90. The number of benzene rings is 1. The molecule has 112 valence electrons. The van der Waals surface area contributed by atoms with E-state index < -0.39 is 0 Å². The van der Waals surface area contributed by atoms with Crippen LogP contribution in [0.3, 0.4) is 0 Å². The molecule has 0 bridgehead atoms. The van der Waals surface area contributed by atoms with Gasteiger partial charge in [-0.1, -0.05) is 48.6 Å². The molecule has 0 saturated carbocycles. The van der Waals surface area contributed by atoms with Gasteiger partial charge in [0, 0.05) is 5.92 Å². The third-order valence-corrected chi connectivity index (χ3v) is 5.97. The maximum atomic E-state index is 6.53. The van der Waals surface area contributed by atoms with Crippen LogP contribution in [0.2, 0.25) is 0 Å². The van der Waals surface area contributed by atoms with E-state index in [1.54, 1.807) is 11.3 Å². The Labute approximate surface area is 134 Å². The zero-order valence-corrected chi connectivity index (χ0v) is 13.9. The maximum absolute atomic E-state index is 6.53. The van der Waals surface area contributed by atoms with Crippen LogP contribution >= 0.6 is 22.9 Å². The third kappa shape index (κ3) is 2.85. The highest BCUT2D eigenvalue weighted by Crippen LogP contribution is 2.42. The number of hydrogen-bond acceptors (Lipinski definition) is 4. The lowest BCUT2D eigenvalue weighted by atomic mass is 9.90. The average molecular weight is 323 g/mol. The molecule has 2 aromatic rings. The fraction of sp³-hybridized carbons (Fsp3) is 0.500. The molecule has 1 saturated heterocycles. The third-order valence-electron chi connectivity index (χ3n) is 4.29. The summed E-state index contributed by atoms with van der Waals surface area (Å²) in [7, 11) is 0. The Bertz CT molecular complexity index is 603. The second kappa shape index (κ2) is 6.03. The monoisotopic (exact) mass is 322 g/mol. The van der Waals surface area contributed by atoms with Crippen LogP contribution in [0.15, 0.2) is 30.3 Å². The SMILES string of the molecule is CC1OC(C)C(c2nnc(C(Cl)c3ccccc3)s2)C1C. The number of aromatic nitrogens is 2. The minimum Gasteiger partial charge on any atom is -0.375 e. The quantitative estimate of drug-likeness (QED) is 0.786. The van der Waals surface area contributed by atoms with Gasteiger partial charge in [-0.2, -0.15) is 0 Å². The summed E-state index contributed by atoms with van der Waals surface area (Å²) >= 11 is 8.14. The van der Waals surface area contributed by atoms with Crippen molar-refractivity contribution in [3.05, 3.63) is 45.9 Å². The Morgan fingerprint density at radius 3 is 2.43 bits per heavy atom. The molecule has 5 unspecified atom stereocenters. The van der Waals surface area contributed by atoms with Gasteiger partial charge in [0.25, 0.3) is 0 Å². The molecule has 1 aromatic heterocycles. The minimum absolute atomic E-state index is 0.182. The van der Waals surface area contributed by atoms with E-state index in [1.807, 2.05) is 30.3 Å². The molecule has 2 heterocycles. The van der Waals surface area contributed by atoms with Crippen LogP contribution in [-0.2, 0) is 4.74 Å². The normalized spacial score (nSPS) is 30.5. The lowest BCUT2D eigenvalue weighted by molar-refractivity contribution is 0.0556. The first-order valence-corrected chi connectivity index (χ1v) is 8.51. The summed E-state index contributed by atoms with van der Waals surface area (Å²) in [5, 5.41) is 10.4. The standard InChI is InChI=1S/C16H19ClN2OS/c1-9-10(2)20-11(3)13(9)15-18-19-16(21-15)14(17)12-7-5-4-6-8-12/h4-11,13-14H,1-3H3. The second-order valence-corrected chi connectivity index (χ2v) is 7.16. The first kappa shape index (κ1) is 14.9. The summed E-state index contributed by atoms with van der Waals surface area (Å²) in [5.74, 6) is 0.761. The topological polar surface area (TPSA) is 35.0 Å². The Morgan fingerprint density at radius 2 is 1.81 bits per heavy atom. The van der Waals surface area contributed by atoms with E-state index in [0.717, 1.165) is 15.6 Å². The molecule has 1 aromatic carbocycles.